The van der Waals surface area contributed by atoms with Crippen molar-refractivity contribution in [2.45, 2.75) is 70.5 Å². The first-order chi connectivity index (χ1) is 18.1. The van der Waals surface area contributed by atoms with E-state index in [-0.39, 0.29) is 29.0 Å². The number of hydrogen-bond acceptors (Lipinski definition) is 6. The summed E-state index contributed by atoms with van der Waals surface area (Å²) in [7, 11) is 0. The Morgan fingerprint density at radius 3 is 2.53 bits per heavy atom. The first kappa shape index (κ1) is 25.8. The molecule has 0 bridgehead atoms. The Morgan fingerprint density at radius 2 is 1.89 bits per heavy atom. The second-order valence-corrected chi connectivity index (χ2v) is 11.0. The van der Waals surface area contributed by atoms with E-state index in [2.05, 4.69) is 10.4 Å². The number of fused-ring (bicyclic) bond motifs is 1. The largest absolute Gasteiger partial charge is 0.494 e. The van der Waals surface area contributed by atoms with Crippen LogP contribution in [0.1, 0.15) is 68.3 Å². The average Bonchev–Trinajstić information content (AvgIpc) is 3.43. The van der Waals surface area contributed by atoms with Gasteiger partial charge in [0, 0.05) is 49.4 Å². The van der Waals surface area contributed by atoms with Gasteiger partial charge in [-0.15, -0.1) is 0 Å². The summed E-state index contributed by atoms with van der Waals surface area (Å²) in [6.45, 7) is 5.63. The summed E-state index contributed by atoms with van der Waals surface area (Å²) in [6.07, 6.45) is 8.13. The summed E-state index contributed by atoms with van der Waals surface area (Å²) in [5.41, 5.74) is -0.638. The zero-order valence-corrected chi connectivity index (χ0v) is 21.7. The molecule has 0 atom stereocenters. The van der Waals surface area contributed by atoms with Crippen LogP contribution in [-0.4, -0.2) is 83.3 Å². The van der Waals surface area contributed by atoms with Crippen molar-refractivity contribution >= 4 is 29.6 Å². The highest BCUT2D eigenvalue weighted by Gasteiger charge is 2.45. The lowest BCUT2D eigenvalue weighted by Crippen LogP contribution is -2.54. The summed E-state index contributed by atoms with van der Waals surface area (Å²) < 4.78 is 2.61. The smallest absolute Gasteiger partial charge is 0.407 e. The summed E-state index contributed by atoms with van der Waals surface area (Å²) in [5.74, 6) is -1.14. The van der Waals surface area contributed by atoms with E-state index in [1.807, 2.05) is 18.7 Å². The third kappa shape index (κ3) is 4.63. The monoisotopic (exact) mass is 526 g/mol. The Balaban J connectivity index is 1.45. The van der Waals surface area contributed by atoms with Crippen LogP contribution in [0, 0.1) is 5.92 Å². The van der Waals surface area contributed by atoms with E-state index in [0.29, 0.717) is 50.2 Å². The predicted octanol–water partition coefficient (Wildman–Crippen LogP) is 1.90. The molecule has 2 saturated heterocycles. The van der Waals surface area contributed by atoms with Crippen LogP contribution in [0.5, 0.6) is 5.88 Å². The van der Waals surface area contributed by atoms with Gasteiger partial charge in [-0.1, -0.05) is 13.8 Å². The van der Waals surface area contributed by atoms with E-state index < -0.39 is 23.4 Å². The fraction of sp³-hybridized carbons (Fsp3) is 0.577. The molecule has 204 valence electrons. The molecular weight excluding hydrogens is 492 g/mol. The maximum atomic E-state index is 13.3. The molecule has 12 heteroatoms. The van der Waals surface area contributed by atoms with E-state index in [1.165, 1.54) is 21.7 Å². The molecule has 1 saturated carbocycles. The number of aromatic hydroxyl groups is 1. The number of hydrogen-bond donors (Lipinski definition) is 3. The van der Waals surface area contributed by atoms with Gasteiger partial charge in [0.2, 0.25) is 11.8 Å². The van der Waals surface area contributed by atoms with Crippen LogP contribution in [0.25, 0.3) is 11.7 Å². The van der Waals surface area contributed by atoms with Crippen LogP contribution in [0.3, 0.4) is 0 Å². The van der Waals surface area contributed by atoms with Gasteiger partial charge in [-0.3, -0.25) is 19.0 Å². The van der Waals surface area contributed by atoms with Gasteiger partial charge in [0.15, 0.2) is 5.56 Å². The van der Waals surface area contributed by atoms with Crippen LogP contribution in [0.4, 0.5) is 4.79 Å². The van der Waals surface area contributed by atoms with Crippen LogP contribution in [0.2, 0.25) is 0 Å². The summed E-state index contributed by atoms with van der Waals surface area (Å²) in [5, 5.41) is 27.3. The number of carbonyl (C=O) groups excluding carboxylic acids is 2. The number of rotatable bonds is 6. The Hall–Kier alpha value is -3.83. The maximum Gasteiger partial charge on any atom is 0.407 e. The fourth-order valence-corrected chi connectivity index (χ4v) is 5.72. The quantitative estimate of drug-likeness (QED) is 0.487. The number of amides is 3. The SMILES string of the molecule is CC(C)Cn1c(O)c(C(=O)NC2CC2)c(=O)n2ncc(C=CC(=O)N3CCCC34CCN(C(=O)O)CC4)c12. The Labute approximate surface area is 219 Å². The molecule has 1 aliphatic carbocycles. The molecule has 2 aromatic heterocycles. The normalized spacial score (nSPS) is 19.2. The third-order valence-corrected chi connectivity index (χ3v) is 7.83. The Kier molecular flexibility index (Phi) is 6.66. The number of nitrogens with zero attached hydrogens (tertiary/aromatic N) is 5. The molecule has 3 fully saturated rings. The van der Waals surface area contributed by atoms with Gasteiger partial charge in [0.1, 0.15) is 5.65 Å². The van der Waals surface area contributed by atoms with Crippen LogP contribution in [-0.2, 0) is 11.3 Å². The average molecular weight is 527 g/mol. The van der Waals surface area contributed by atoms with E-state index >= 15 is 0 Å². The van der Waals surface area contributed by atoms with Crippen molar-refractivity contribution < 1.29 is 24.6 Å². The maximum absolute atomic E-state index is 13.3. The fourth-order valence-electron chi connectivity index (χ4n) is 5.72. The highest BCUT2D eigenvalue weighted by atomic mass is 16.4. The topological polar surface area (TPSA) is 149 Å². The molecule has 5 rings (SSSR count). The van der Waals surface area contributed by atoms with Crippen LogP contribution >= 0.6 is 0 Å². The summed E-state index contributed by atoms with van der Waals surface area (Å²) >= 11 is 0. The lowest BCUT2D eigenvalue weighted by molar-refractivity contribution is -0.131. The van der Waals surface area contributed by atoms with Gasteiger partial charge in [0.25, 0.3) is 11.5 Å². The lowest BCUT2D eigenvalue weighted by atomic mass is 9.85. The van der Waals surface area contributed by atoms with Gasteiger partial charge in [-0.25, -0.2) is 4.79 Å². The minimum Gasteiger partial charge on any atom is -0.494 e. The number of piperidine rings is 1. The van der Waals surface area contributed by atoms with Crippen molar-refractivity contribution in [2.75, 3.05) is 19.6 Å². The first-order valence-corrected chi connectivity index (χ1v) is 13.2. The Morgan fingerprint density at radius 1 is 1.18 bits per heavy atom. The van der Waals surface area contributed by atoms with Crippen molar-refractivity contribution in [3.8, 4) is 5.88 Å². The lowest BCUT2D eigenvalue weighted by Gasteiger charge is -2.44. The molecule has 3 amide bonds. The molecule has 0 radical (unpaired) electrons. The van der Waals surface area contributed by atoms with Gasteiger partial charge in [0.05, 0.1) is 6.20 Å². The zero-order chi connectivity index (χ0) is 27.2. The number of carboxylic acid groups (broad SMARTS) is 1. The van der Waals surface area contributed by atoms with Crippen LogP contribution in [0.15, 0.2) is 17.1 Å². The highest BCUT2D eigenvalue weighted by molar-refractivity contribution is 5.97. The van der Waals surface area contributed by atoms with E-state index in [9.17, 15) is 29.4 Å². The van der Waals surface area contributed by atoms with Crippen molar-refractivity contribution in [3.63, 3.8) is 0 Å². The van der Waals surface area contributed by atoms with Crippen molar-refractivity contribution in [1.82, 2.24) is 29.3 Å². The van der Waals surface area contributed by atoms with Gasteiger partial charge in [-0.2, -0.15) is 9.61 Å². The molecule has 0 aromatic carbocycles. The molecule has 4 heterocycles. The van der Waals surface area contributed by atoms with Gasteiger partial charge >= 0.3 is 6.09 Å². The summed E-state index contributed by atoms with van der Waals surface area (Å²) in [4.78, 5) is 53.8. The van der Waals surface area contributed by atoms with E-state index in [1.54, 1.807) is 6.08 Å². The molecule has 2 aromatic rings. The molecule has 3 N–H and O–H groups in total. The number of aromatic nitrogens is 3. The van der Waals surface area contributed by atoms with Gasteiger partial charge < -0.3 is 25.3 Å². The molecule has 1 spiro atoms. The minimum absolute atomic E-state index is 0.0166. The van der Waals surface area contributed by atoms with E-state index in [4.69, 9.17) is 0 Å². The molecular formula is C26H34N6O6. The minimum atomic E-state index is -0.937. The van der Waals surface area contributed by atoms with Crippen LogP contribution < -0.4 is 10.9 Å². The Bertz CT molecular complexity index is 1360. The molecule has 2 aliphatic heterocycles. The molecule has 38 heavy (non-hydrogen) atoms. The third-order valence-electron chi connectivity index (χ3n) is 7.83. The standard InChI is InChI=1S/C26H34N6O6/c1-16(2)15-30-22-17(14-27-32(22)24(36)20(23(30)35)21(34)28-18-5-6-18)4-7-19(33)31-11-3-8-26(31)9-12-29(13-10-26)25(37)38/h4,7,14,16,18,35H,3,5-6,8-13,15H2,1-2H3,(H,28,34)(H,37,38). The van der Waals surface area contributed by atoms with Crippen molar-refractivity contribution in [3.05, 3.63) is 33.8 Å². The number of likely N-dealkylation sites (tertiary alicyclic amines) is 2. The highest BCUT2D eigenvalue weighted by Crippen LogP contribution is 2.38. The second-order valence-electron chi connectivity index (χ2n) is 11.0. The zero-order valence-electron chi connectivity index (χ0n) is 21.7. The predicted molar refractivity (Wildman–Crippen MR) is 138 cm³/mol. The van der Waals surface area contributed by atoms with Crippen molar-refractivity contribution in [2.24, 2.45) is 5.92 Å². The first-order valence-electron chi connectivity index (χ1n) is 13.2. The number of carbonyl (C=O) groups is 3. The van der Waals surface area contributed by atoms with Gasteiger partial charge in [-0.05, 0) is 50.5 Å². The van der Waals surface area contributed by atoms with E-state index in [0.717, 1.165) is 30.2 Å². The number of nitrogens with one attached hydrogen (secondary N) is 1. The summed E-state index contributed by atoms with van der Waals surface area (Å²) in [6, 6.07) is 0.0166. The molecule has 0 unspecified atom stereocenters. The molecule has 12 nitrogen and oxygen atoms in total. The second kappa shape index (κ2) is 9.80. The van der Waals surface area contributed by atoms with Crippen molar-refractivity contribution in [1.29, 1.82) is 0 Å². The molecule has 3 aliphatic rings.